The Morgan fingerprint density at radius 2 is 0.311 bits per heavy atom. The number of rotatable bonds is 9. The molecule has 61 heavy (non-hydrogen) atoms. The molecule has 0 amide bonds. The summed E-state index contributed by atoms with van der Waals surface area (Å²) in [5.41, 5.74) is 10.7. The van der Waals surface area contributed by atoms with E-state index in [9.17, 15) is 0 Å². The van der Waals surface area contributed by atoms with Crippen LogP contribution in [0.3, 0.4) is 0 Å². The Morgan fingerprint density at radius 1 is 0.230 bits per heavy atom. The second kappa shape index (κ2) is 32.6. The van der Waals surface area contributed by atoms with E-state index in [4.69, 9.17) is 4.79 Å². The SMILES string of the molecule is C1CCC(P(C2CCCCC2)C2CCCCC2)CC1.C1CCC(P(C2CCCCC2)C2CCCCC2)CC1.C1CCC(P(C2CCCCC2)C2CCCCC2)CC1.O=[C-]Cl.[RuH+]. The van der Waals surface area contributed by atoms with Gasteiger partial charge in [-0.05, 0) is 167 Å². The van der Waals surface area contributed by atoms with Crippen LogP contribution in [-0.4, -0.2) is 56.7 Å². The second-order valence-corrected chi connectivity index (χ2v) is 31.5. The van der Waals surface area contributed by atoms with E-state index in [1.54, 1.807) is 231 Å². The summed E-state index contributed by atoms with van der Waals surface area (Å²) in [5, 5.41) is 0. The molecule has 0 N–H and O–H groups in total. The summed E-state index contributed by atoms with van der Waals surface area (Å²) in [7, 11) is 1.15. The van der Waals surface area contributed by atoms with Gasteiger partial charge in [0, 0.05) is 0 Å². The first-order chi connectivity index (χ1) is 29.8. The quantitative estimate of drug-likeness (QED) is 0.0974. The van der Waals surface area contributed by atoms with Crippen LogP contribution in [0.2, 0.25) is 0 Å². The van der Waals surface area contributed by atoms with Gasteiger partial charge >= 0.3 is 19.5 Å². The van der Waals surface area contributed by atoms with Gasteiger partial charge in [-0.1, -0.05) is 197 Å². The minimum atomic E-state index is 0. The number of hydrogen-bond donors (Lipinski definition) is 0. The molecule has 0 atom stereocenters. The first-order valence-corrected chi connectivity index (χ1v) is 33.1. The summed E-state index contributed by atoms with van der Waals surface area (Å²) in [6.07, 6.45) is 70.9. The summed E-state index contributed by atoms with van der Waals surface area (Å²) in [4.78, 5) is 8.45. The van der Waals surface area contributed by atoms with Gasteiger partial charge in [-0.25, -0.2) is 0 Å². The van der Waals surface area contributed by atoms with E-state index < -0.39 is 0 Å². The van der Waals surface area contributed by atoms with E-state index >= 15 is 0 Å². The molecule has 0 aromatic rings. The van der Waals surface area contributed by atoms with Crippen molar-refractivity contribution in [3.05, 3.63) is 0 Å². The van der Waals surface area contributed by atoms with Gasteiger partial charge in [-0.15, -0.1) is 0 Å². The molecule has 0 aromatic carbocycles. The van der Waals surface area contributed by atoms with Gasteiger partial charge in [0.25, 0.3) is 0 Å². The third-order valence-corrected chi connectivity index (χ3v) is 30.2. The van der Waals surface area contributed by atoms with Crippen LogP contribution in [0.4, 0.5) is 0 Å². The van der Waals surface area contributed by atoms with Crippen LogP contribution in [0, 0.1) is 0 Å². The van der Waals surface area contributed by atoms with Crippen LogP contribution >= 0.6 is 35.4 Å². The van der Waals surface area contributed by atoms with Crippen molar-refractivity contribution in [2.45, 2.75) is 340 Å². The van der Waals surface area contributed by atoms with E-state index in [0.29, 0.717) is 23.8 Å². The molecular formula is C55H100ClOP3Ru. The van der Waals surface area contributed by atoms with Crippen molar-refractivity contribution in [2.75, 3.05) is 0 Å². The molecule has 0 aromatic heterocycles. The van der Waals surface area contributed by atoms with Crippen molar-refractivity contribution in [3.63, 3.8) is 0 Å². The van der Waals surface area contributed by atoms with Crippen molar-refractivity contribution in [2.24, 2.45) is 0 Å². The fourth-order valence-electron chi connectivity index (χ4n) is 15.1. The van der Waals surface area contributed by atoms with Crippen LogP contribution in [0.1, 0.15) is 289 Å². The first kappa shape index (κ1) is 53.8. The fourth-order valence-corrected chi connectivity index (χ4v) is 29.1. The summed E-state index contributed by atoms with van der Waals surface area (Å²) >= 11 is 4.19. The van der Waals surface area contributed by atoms with Gasteiger partial charge in [0.05, 0.1) is 0 Å². The molecule has 0 heterocycles. The molecule has 9 aliphatic carbocycles. The van der Waals surface area contributed by atoms with Crippen LogP contribution < -0.4 is 0 Å². The van der Waals surface area contributed by atoms with Crippen LogP contribution in [0.15, 0.2) is 0 Å². The molecule has 0 saturated heterocycles. The topological polar surface area (TPSA) is 17.1 Å². The monoisotopic (exact) mass is 1010 g/mol. The normalized spacial score (nSPS) is 27.2. The third-order valence-electron chi connectivity index (χ3n) is 18.0. The average Bonchev–Trinajstić information content (AvgIpc) is 3.33. The molecular weight excluding hydrogens is 906 g/mol. The molecule has 9 fully saturated rings. The second-order valence-electron chi connectivity index (χ2n) is 22.0. The van der Waals surface area contributed by atoms with Crippen molar-refractivity contribution in [1.82, 2.24) is 0 Å². The Labute approximate surface area is 402 Å². The molecule has 9 saturated carbocycles. The number of halogens is 1. The minimum absolute atomic E-state index is 0. The zero-order valence-corrected chi connectivity index (χ0v) is 45.3. The van der Waals surface area contributed by atoms with Gasteiger partial charge in [0.15, 0.2) is 0 Å². The molecule has 6 heteroatoms. The maximum absolute atomic E-state index is 8.45. The van der Waals surface area contributed by atoms with E-state index in [1.165, 1.54) is 109 Å². The zero-order valence-electron chi connectivity index (χ0n) is 40.0. The van der Waals surface area contributed by atoms with Crippen molar-refractivity contribution < 1.29 is 24.3 Å². The van der Waals surface area contributed by atoms with Gasteiger partial charge in [-0.2, -0.15) is 5.75 Å². The fraction of sp³-hybridized carbons (Fsp3) is 0.982. The van der Waals surface area contributed by atoms with Crippen LogP contribution in [0.5, 0.6) is 0 Å². The summed E-state index contributed by atoms with van der Waals surface area (Å²) < 4.78 is 0. The molecule has 356 valence electrons. The molecule has 9 rings (SSSR count). The molecule has 0 unspecified atom stereocenters. The molecule has 1 radical (unpaired) electrons. The Morgan fingerprint density at radius 3 is 0.393 bits per heavy atom. The number of hydrogen-bond acceptors (Lipinski definition) is 1. The van der Waals surface area contributed by atoms with E-state index in [0.717, 1.165) is 5.75 Å². The maximum atomic E-state index is 8.45. The molecule has 0 spiro atoms. The van der Waals surface area contributed by atoms with Gasteiger partial charge in [0.1, 0.15) is 0 Å². The summed E-state index contributed by atoms with van der Waals surface area (Å²) in [6, 6.07) is 0. The van der Waals surface area contributed by atoms with E-state index in [2.05, 4.69) is 11.6 Å². The van der Waals surface area contributed by atoms with Crippen LogP contribution in [0.25, 0.3) is 0 Å². The van der Waals surface area contributed by atoms with Crippen molar-refractivity contribution >= 4 is 41.1 Å². The van der Waals surface area contributed by atoms with Crippen molar-refractivity contribution in [3.8, 4) is 0 Å². The predicted octanol–water partition coefficient (Wildman–Crippen LogP) is 19.4. The van der Waals surface area contributed by atoms with Gasteiger partial charge in [-0.3, -0.25) is 0 Å². The average molecular weight is 1010 g/mol. The Kier molecular flexibility index (Phi) is 28.8. The molecule has 9 aliphatic rings. The van der Waals surface area contributed by atoms with E-state index in [-0.39, 0.29) is 19.5 Å². The first-order valence-electron chi connectivity index (χ1n) is 28.1. The standard InChI is InChI=1S/3C18H33P.CClO.Ru.H/c3*1-4-10-16(11-5-1)19(17-12-6-2-7-13-17)18-14-8-3-9-15-18;2-1-3;;/h3*16-18H,1-15H2;;;/q;;;-1;+1;. The number of carbonyl (C=O) groups excluding carboxylic acids is 1. The Bertz CT molecular complexity index is 800. The van der Waals surface area contributed by atoms with E-state index in [1.807, 2.05) is 0 Å². The van der Waals surface area contributed by atoms with Gasteiger partial charge < -0.3 is 16.4 Å². The molecule has 0 aliphatic heterocycles. The summed E-state index contributed by atoms with van der Waals surface area (Å²) in [5.74, 6) is 0.972. The Balaban J connectivity index is 0.000000166. The van der Waals surface area contributed by atoms with Crippen molar-refractivity contribution in [1.29, 1.82) is 0 Å². The van der Waals surface area contributed by atoms with Crippen LogP contribution in [-0.2, 0) is 24.3 Å². The predicted molar refractivity (Wildman–Crippen MR) is 276 cm³/mol. The zero-order chi connectivity index (χ0) is 41.5. The third kappa shape index (κ3) is 18.4. The van der Waals surface area contributed by atoms with Gasteiger partial charge in [0.2, 0.25) is 0 Å². The Hall–Kier alpha value is 1.87. The molecule has 1 nitrogen and oxygen atoms in total. The summed E-state index contributed by atoms with van der Waals surface area (Å²) in [6.45, 7) is 0. The molecule has 0 bridgehead atoms.